The number of hydrogen-bond donors (Lipinski definition) is 0. The minimum absolute atomic E-state index is 0.192. The molecule has 0 aliphatic carbocycles. The maximum absolute atomic E-state index is 11.8. The summed E-state index contributed by atoms with van der Waals surface area (Å²) >= 11 is 0. The third-order valence-electron chi connectivity index (χ3n) is 2.61. The molecule has 0 aromatic heterocycles. The van der Waals surface area contributed by atoms with Crippen LogP contribution in [0.4, 0.5) is 4.79 Å². The molecule has 1 heterocycles. The number of nitrogens with zero attached hydrogens (tertiary/aromatic N) is 2. The van der Waals surface area contributed by atoms with Crippen molar-refractivity contribution in [3.63, 3.8) is 0 Å². The Labute approximate surface area is 92.2 Å². The first kappa shape index (κ1) is 12.3. The van der Waals surface area contributed by atoms with E-state index in [2.05, 4.69) is 18.9 Å². The molecule has 1 amide bonds. The van der Waals surface area contributed by atoms with Crippen molar-refractivity contribution >= 4 is 6.09 Å². The first-order valence-electron chi connectivity index (χ1n) is 5.48. The summed E-state index contributed by atoms with van der Waals surface area (Å²) in [5.41, 5.74) is -0.399. The molecule has 1 aliphatic rings. The average Bonchev–Trinajstić information content (AvgIpc) is 2.06. The van der Waals surface area contributed by atoms with Gasteiger partial charge in [-0.15, -0.1) is 0 Å². The van der Waals surface area contributed by atoms with Gasteiger partial charge < -0.3 is 14.5 Å². The molecule has 0 N–H and O–H groups in total. The molecular formula is C11H22N2O2. The van der Waals surface area contributed by atoms with E-state index in [1.54, 1.807) is 4.90 Å². The van der Waals surface area contributed by atoms with Crippen LogP contribution in [-0.2, 0) is 4.74 Å². The smallest absolute Gasteiger partial charge is 0.410 e. The fourth-order valence-electron chi connectivity index (χ4n) is 1.54. The van der Waals surface area contributed by atoms with Crippen molar-refractivity contribution in [3.8, 4) is 0 Å². The van der Waals surface area contributed by atoms with Crippen molar-refractivity contribution < 1.29 is 9.53 Å². The summed E-state index contributed by atoms with van der Waals surface area (Å²) in [5.74, 6) is 0. The van der Waals surface area contributed by atoms with Crippen LogP contribution in [0.5, 0.6) is 0 Å². The average molecular weight is 214 g/mol. The summed E-state index contributed by atoms with van der Waals surface area (Å²) in [4.78, 5) is 15.8. The highest BCUT2D eigenvalue weighted by atomic mass is 16.6. The SMILES string of the molecule is C[C@@H]1CN(C(=O)OC(C)(C)C)CCN1C. The first-order valence-corrected chi connectivity index (χ1v) is 5.48. The Hall–Kier alpha value is -0.770. The number of hydrogen-bond acceptors (Lipinski definition) is 3. The van der Waals surface area contributed by atoms with Crippen LogP contribution in [0.15, 0.2) is 0 Å². The van der Waals surface area contributed by atoms with Gasteiger partial charge in [-0.2, -0.15) is 0 Å². The van der Waals surface area contributed by atoms with E-state index in [1.165, 1.54) is 0 Å². The first-order chi connectivity index (χ1) is 6.79. The van der Waals surface area contributed by atoms with Gasteiger partial charge in [0.05, 0.1) is 0 Å². The zero-order valence-electron chi connectivity index (χ0n) is 10.4. The fraction of sp³-hybridized carbons (Fsp3) is 0.909. The number of carbonyl (C=O) groups excluding carboxylic acids is 1. The maximum atomic E-state index is 11.8. The Morgan fingerprint density at radius 1 is 1.33 bits per heavy atom. The van der Waals surface area contributed by atoms with Gasteiger partial charge in [-0.05, 0) is 34.7 Å². The normalized spacial score (nSPS) is 24.1. The summed E-state index contributed by atoms with van der Waals surface area (Å²) < 4.78 is 5.33. The predicted molar refractivity (Wildman–Crippen MR) is 59.9 cm³/mol. The molecule has 0 spiro atoms. The van der Waals surface area contributed by atoms with Gasteiger partial charge in [0.1, 0.15) is 5.60 Å². The molecule has 1 aliphatic heterocycles. The van der Waals surface area contributed by atoms with E-state index in [1.807, 2.05) is 20.8 Å². The molecule has 0 bridgehead atoms. The van der Waals surface area contributed by atoms with E-state index in [4.69, 9.17) is 4.74 Å². The molecule has 4 heteroatoms. The summed E-state index contributed by atoms with van der Waals surface area (Å²) in [6.45, 7) is 10.2. The minimum atomic E-state index is -0.399. The third-order valence-corrected chi connectivity index (χ3v) is 2.61. The fourth-order valence-corrected chi connectivity index (χ4v) is 1.54. The van der Waals surface area contributed by atoms with E-state index in [0.29, 0.717) is 6.04 Å². The number of amides is 1. The Morgan fingerprint density at radius 3 is 2.40 bits per heavy atom. The highest BCUT2D eigenvalue weighted by Crippen LogP contribution is 2.13. The van der Waals surface area contributed by atoms with E-state index in [9.17, 15) is 4.79 Å². The van der Waals surface area contributed by atoms with Crippen molar-refractivity contribution in [2.75, 3.05) is 26.7 Å². The quantitative estimate of drug-likeness (QED) is 0.613. The van der Waals surface area contributed by atoms with Gasteiger partial charge in [-0.1, -0.05) is 0 Å². The molecule has 0 aromatic rings. The summed E-state index contributed by atoms with van der Waals surface area (Å²) in [7, 11) is 2.08. The van der Waals surface area contributed by atoms with Gasteiger partial charge in [0, 0.05) is 25.7 Å². The minimum Gasteiger partial charge on any atom is -0.444 e. The lowest BCUT2D eigenvalue weighted by Crippen LogP contribution is -2.52. The van der Waals surface area contributed by atoms with Crippen LogP contribution < -0.4 is 0 Å². The second-order valence-corrected chi connectivity index (χ2v) is 5.26. The Bertz CT molecular complexity index is 235. The van der Waals surface area contributed by atoms with Crippen LogP contribution in [-0.4, -0.2) is 54.2 Å². The Balaban J connectivity index is 2.48. The van der Waals surface area contributed by atoms with Crippen molar-refractivity contribution in [2.24, 2.45) is 0 Å². The molecule has 0 unspecified atom stereocenters. The zero-order valence-corrected chi connectivity index (χ0v) is 10.4. The van der Waals surface area contributed by atoms with Crippen molar-refractivity contribution in [1.29, 1.82) is 0 Å². The Kier molecular flexibility index (Phi) is 3.60. The van der Waals surface area contributed by atoms with Crippen LogP contribution >= 0.6 is 0 Å². The molecule has 1 rings (SSSR count). The van der Waals surface area contributed by atoms with Gasteiger partial charge in [0.25, 0.3) is 0 Å². The zero-order chi connectivity index (χ0) is 11.6. The van der Waals surface area contributed by atoms with Crippen LogP contribution in [0.2, 0.25) is 0 Å². The van der Waals surface area contributed by atoms with Gasteiger partial charge >= 0.3 is 6.09 Å². The molecule has 0 saturated carbocycles. The third kappa shape index (κ3) is 3.70. The lowest BCUT2D eigenvalue weighted by atomic mass is 10.2. The topological polar surface area (TPSA) is 32.8 Å². The summed E-state index contributed by atoms with van der Waals surface area (Å²) in [6.07, 6.45) is -0.192. The van der Waals surface area contributed by atoms with Gasteiger partial charge in [0.15, 0.2) is 0 Å². The summed E-state index contributed by atoms with van der Waals surface area (Å²) in [5, 5.41) is 0. The monoisotopic (exact) mass is 214 g/mol. The van der Waals surface area contributed by atoms with Gasteiger partial charge in [0.2, 0.25) is 0 Å². The lowest BCUT2D eigenvalue weighted by molar-refractivity contribution is 0.00930. The van der Waals surface area contributed by atoms with Gasteiger partial charge in [-0.25, -0.2) is 4.79 Å². The molecule has 1 fully saturated rings. The predicted octanol–water partition coefficient (Wildman–Crippen LogP) is 1.56. The van der Waals surface area contributed by atoms with E-state index in [0.717, 1.165) is 19.6 Å². The number of likely N-dealkylation sites (N-methyl/N-ethyl adjacent to an activating group) is 1. The molecule has 4 nitrogen and oxygen atoms in total. The molecule has 15 heavy (non-hydrogen) atoms. The molecule has 1 saturated heterocycles. The van der Waals surface area contributed by atoms with E-state index in [-0.39, 0.29) is 6.09 Å². The van der Waals surface area contributed by atoms with Crippen molar-refractivity contribution in [3.05, 3.63) is 0 Å². The molecular weight excluding hydrogens is 192 g/mol. The van der Waals surface area contributed by atoms with E-state index < -0.39 is 5.60 Å². The maximum Gasteiger partial charge on any atom is 0.410 e. The molecule has 1 atom stereocenters. The largest absolute Gasteiger partial charge is 0.444 e. The molecule has 88 valence electrons. The number of ether oxygens (including phenoxy) is 1. The van der Waals surface area contributed by atoms with Crippen LogP contribution in [0.25, 0.3) is 0 Å². The van der Waals surface area contributed by atoms with Crippen molar-refractivity contribution in [2.45, 2.75) is 39.3 Å². The highest BCUT2D eigenvalue weighted by molar-refractivity contribution is 5.68. The highest BCUT2D eigenvalue weighted by Gasteiger charge is 2.27. The lowest BCUT2D eigenvalue weighted by Gasteiger charge is -2.38. The standard InChI is InChI=1S/C11H22N2O2/c1-9-8-13(7-6-12(9)5)10(14)15-11(2,3)4/h9H,6-8H2,1-5H3/t9-/m1/s1. The van der Waals surface area contributed by atoms with Crippen LogP contribution in [0.3, 0.4) is 0 Å². The Morgan fingerprint density at radius 2 is 1.93 bits per heavy atom. The van der Waals surface area contributed by atoms with Crippen molar-refractivity contribution in [1.82, 2.24) is 9.80 Å². The number of rotatable bonds is 0. The van der Waals surface area contributed by atoms with Crippen LogP contribution in [0, 0.1) is 0 Å². The number of piperazine rings is 1. The van der Waals surface area contributed by atoms with Crippen LogP contribution in [0.1, 0.15) is 27.7 Å². The molecule has 0 radical (unpaired) electrons. The second kappa shape index (κ2) is 4.39. The second-order valence-electron chi connectivity index (χ2n) is 5.26. The molecule has 0 aromatic carbocycles. The van der Waals surface area contributed by atoms with E-state index >= 15 is 0 Å². The number of carbonyl (C=O) groups is 1. The van der Waals surface area contributed by atoms with Gasteiger partial charge in [-0.3, -0.25) is 0 Å². The summed E-state index contributed by atoms with van der Waals surface area (Å²) in [6, 6.07) is 0.409.